The van der Waals surface area contributed by atoms with Gasteiger partial charge in [0.25, 0.3) is 0 Å². The first-order valence-corrected chi connectivity index (χ1v) is 8.10. The molecular formula is C20H25BO2. The molecule has 0 amide bonds. The highest BCUT2D eigenvalue weighted by Crippen LogP contribution is 2.23. The van der Waals surface area contributed by atoms with Crippen molar-refractivity contribution in [1.82, 2.24) is 0 Å². The number of hydrogen-bond donors (Lipinski definition) is 0. The Morgan fingerprint density at radius 2 is 1.61 bits per heavy atom. The Balaban J connectivity index is 2.26. The van der Waals surface area contributed by atoms with Gasteiger partial charge in [-0.15, -0.1) is 0 Å². The van der Waals surface area contributed by atoms with Crippen LogP contribution in [0.25, 0.3) is 0 Å². The van der Waals surface area contributed by atoms with Crippen molar-refractivity contribution >= 4 is 19.3 Å². The second-order valence-electron chi connectivity index (χ2n) is 6.49. The second-order valence-corrected chi connectivity index (χ2v) is 6.49. The summed E-state index contributed by atoms with van der Waals surface area (Å²) in [5, 5.41) is 0. The van der Waals surface area contributed by atoms with E-state index in [1.54, 1.807) is 0 Å². The fourth-order valence-corrected chi connectivity index (χ4v) is 3.19. The maximum absolute atomic E-state index is 12.3. The Morgan fingerprint density at radius 1 is 1.04 bits per heavy atom. The molecule has 23 heavy (non-hydrogen) atoms. The summed E-state index contributed by atoms with van der Waals surface area (Å²) < 4.78 is 5.05. The van der Waals surface area contributed by atoms with Gasteiger partial charge in [-0.05, 0) is 55.9 Å². The number of methoxy groups -OCH3 is 1. The average molecular weight is 308 g/mol. The number of aryl methyl sites for hydroxylation is 3. The molecule has 0 spiro atoms. The van der Waals surface area contributed by atoms with Gasteiger partial charge >= 0.3 is 5.97 Å². The van der Waals surface area contributed by atoms with Gasteiger partial charge < -0.3 is 4.74 Å². The third-order valence-electron chi connectivity index (χ3n) is 4.43. The number of hydrogen-bond acceptors (Lipinski definition) is 2. The highest BCUT2D eigenvalue weighted by molar-refractivity contribution is 6.32. The van der Waals surface area contributed by atoms with Crippen molar-refractivity contribution in [1.29, 1.82) is 0 Å². The number of benzene rings is 2. The summed E-state index contributed by atoms with van der Waals surface area (Å²) in [4.78, 5) is 12.3. The first-order valence-electron chi connectivity index (χ1n) is 8.10. The van der Waals surface area contributed by atoms with Crippen molar-refractivity contribution < 1.29 is 9.53 Å². The molecule has 0 radical (unpaired) electrons. The molecule has 1 atom stereocenters. The quantitative estimate of drug-likeness (QED) is 0.626. The van der Waals surface area contributed by atoms with Crippen LogP contribution in [0.1, 0.15) is 27.8 Å². The van der Waals surface area contributed by atoms with E-state index in [0.717, 1.165) is 6.42 Å². The van der Waals surface area contributed by atoms with Crippen molar-refractivity contribution in [3.63, 3.8) is 0 Å². The van der Waals surface area contributed by atoms with Gasteiger partial charge in [0.05, 0.1) is 13.0 Å². The van der Waals surface area contributed by atoms with Crippen LogP contribution in [0.4, 0.5) is 0 Å². The van der Waals surface area contributed by atoms with Crippen LogP contribution in [-0.4, -0.2) is 20.9 Å². The van der Waals surface area contributed by atoms with Gasteiger partial charge in [0, 0.05) is 0 Å². The Bertz CT molecular complexity index is 666. The summed E-state index contributed by atoms with van der Waals surface area (Å²) >= 11 is 0. The molecule has 0 N–H and O–H groups in total. The summed E-state index contributed by atoms with van der Waals surface area (Å²) in [6.45, 7) is 6.35. The monoisotopic (exact) mass is 308 g/mol. The molecule has 0 fully saturated rings. The van der Waals surface area contributed by atoms with Crippen molar-refractivity contribution in [2.75, 3.05) is 7.11 Å². The van der Waals surface area contributed by atoms with E-state index in [4.69, 9.17) is 4.74 Å². The number of esters is 1. The zero-order chi connectivity index (χ0) is 17.0. The predicted molar refractivity (Wildman–Crippen MR) is 98.2 cm³/mol. The van der Waals surface area contributed by atoms with E-state index in [9.17, 15) is 4.79 Å². The van der Waals surface area contributed by atoms with Crippen LogP contribution < -0.4 is 5.46 Å². The minimum absolute atomic E-state index is 0.134. The van der Waals surface area contributed by atoms with E-state index in [0.29, 0.717) is 6.42 Å². The van der Waals surface area contributed by atoms with E-state index in [-0.39, 0.29) is 11.9 Å². The topological polar surface area (TPSA) is 26.3 Å². The molecule has 0 aliphatic heterocycles. The molecule has 0 heterocycles. The lowest BCUT2D eigenvalue weighted by atomic mass is 9.87. The normalized spacial score (nSPS) is 12.0. The number of carbonyl (C=O) groups is 1. The molecule has 0 bridgehead atoms. The van der Waals surface area contributed by atoms with Crippen LogP contribution in [0.2, 0.25) is 0 Å². The predicted octanol–water partition coefficient (Wildman–Crippen LogP) is 2.44. The highest BCUT2D eigenvalue weighted by atomic mass is 16.5. The summed E-state index contributed by atoms with van der Waals surface area (Å²) in [7, 11) is 3.54. The molecule has 3 heteroatoms. The van der Waals surface area contributed by atoms with Crippen LogP contribution in [0.5, 0.6) is 0 Å². The van der Waals surface area contributed by atoms with E-state index in [1.807, 2.05) is 0 Å². The third kappa shape index (κ3) is 4.48. The van der Waals surface area contributed by atoms with Gasteiger partial charge in [-0.2, -0.15) is 0 Å². The molecule has 0 saturated carbocycles. The molecule has 1 unspecified atom stereocenters. The Kier molecular flexibility index (Phi) is 5.65. The molecule has 2 nitrogen and oxygen atoms in total. The van der Waals surface area contributed by atoms with E-state index < -0.39 is 0 Å². The lowest BCUT2D eigenvalue weighted by molar-refractivity contribution is -0.145. The van der Waals surface area contributed by atoms with Gasteiger partial charge in [-0.3, -0.25) is 4.79 Å². The minimum Gasteiger partial charge on any atom is -0.469 e. The van der Waals surface area contributed by atoms with E-state index >= 15 is 0 Å². The molecule has 2 aromatic rings. The summed E-state index contributed by atoms with van der Waals surface area (Å²) in [6, 6.07) is 12.7. The third-order valence-corrected chi connectivity index (χ3v) is 4.43. The molecular weight excluding hydrogens is 283 g/mol. The summed E-state index contributed by atoms with van der Waals surface area (Å²) in [6.07, 6.45) is 1.43. The molecule has 2 rings (SSSR count). The first kappa shape index (κ1) is 17.3. The lowest BCUT2D eigenvalue weighted by Gasteiger charge is -2.18. The minimum atomic E-state index is -0.150. The maximum atomic E-state index is 12.3. The standard InChI is InChI=1S/C20H25BO2/c1-13-9-14(2)19(15(3)10-13)12-17(20(22)23-4)11-16-5-7-18(21)8-6-16/h5-10,17H,11-12,21H2,1-4H3. The fourth-order valence-electron chi connectivity index (χ4n) is 3.19. The molecule has 2 aromatic carbocycles. The number of ether oxygens (including phenoxy) is 1. The van der Waals surface area contributed by atoms with Crippen molar-refractivity contribution in [3.8, 4) is 0 Å². The average Bonchev–Trinajstić information content (AvgIpc) is 2.50. The second kappa shape index (κ2) is 7.50. The van der Waals surface area contributed by atoms with Crippen LogP contribution >= 0.6 is 0 Å². The zero-order valence-electron chi connectivity index (χ0n) is 14.8. The van der Waals surface area contributed by atoms with Crippen molar-refractivity contribution in [3.05, 3.63) is 64.2 Å². The summed E-state index contributed by atoms with van der Waals surface area (Å²) in [5.74, 6) is -0.284. The molecule has 0 aromatic heterocycles. The van der Waals surface area contributed by atoms with Crippen LogP contribution in [0, 0.1) is 26.7 Å². The molecule has 0 aliphatic carbocycles. The maximum Gasteiger partial charge on any atom is 0.309 e. The Labute approximate surface area is 140 Å². The Hall–Kier alpha value is -2.03. The smallest absolute Gasteiger partial charge is 0.309 e. The number of carbonyl (C=O) groups excluding carboxylic acids is 1. The zero-order valence-corrected chi connectivity index (χ0v) is 14.8. The van der Waals surface area contributed by atoms with E-state index in [1.165, 1.54) is 40.4 Å². The molecule has 0 aliphatic rings. The Morgan fingerprint density at radius 3 is 2.13 bits per heavy atom. The van der Waals surface area contributed by atoms with Crippen LogP contribution in [0.15, 0.2) is 36.4 Å². The van der Waals surface area contributed by atoms with Crippen LogP contribution in [0.3, 0.4) is 0 Å². The molecule has 120 valence electrons. The van der Waals surface area contributed by atoms with Gasteiger partial charge in [0.1, 0.15) is 7.85 Å². The molecule has 0 saturated heterocycles. The highest BCUT2D eigenvalue weighted by Gasteiger charge is 2.22. The fraction of sp³-hybridized carbons (Fsp3) is 0.350. The van der Waals surface area contributed by atoms with Gasteiger partial charge in [0.2, 0.25) is 0 Å². The first-order chi connectivity index (χ1) is 10.9. The van der Waals surface area contributed by atoms with Gasteiger partial charge in [-0.25, -0.2) is 0 Å². The lowest BCUT2D eigenvalue weighted by Crippen LogP contribution is -2.22. The van der Waals surface area contributed by atoms with Gasteiger partial charge in [-0.1, -0.05) is 47.4 Å². The SMILES string of the molecule is Bc1ccc(CC(Cc2c(C)cc(C)cc2C)C(=O)OC)cc1. The number of rotatable bonds is 5. The van der Waals surface area contributed by atoms with Crippen molar-refractivity contribution in [2.24, 2.45) is 5.92 Å². The van der Waals surface area contributed by atoms with Crippen LogP contribution in [-0.2, 0) is 22.4 Å². The summed E-state index contributed by atoms with van der Waals surface area (Å²) in [5.41, 5.74) is 7.43. The van der Waals surface area contributed by atoms with Crippen molar-refractivity contribution in [2.45, 2.75) is 33.6 Å². The van der Waals surface area contributed by atoms with E-state index in [2.05, 4.69) is 65.0 Å². The largest absolute Gasteiger partial charge is 0.469 e. The van der Waals surface area contributed by atoms with Gasteiger partial charge in [0.15, 0.2) is 0 Å².